The van der Waals surface area contributed by atoms with E-state index >= 15 is 0 Å². The molecular formula is C4H8ClO3S-. The van der Waals surface area contributed by atoms with Gasteiger partial charge in [-0.3, -0.25) is 0 Å². The zero-order chi connectivity index (χ0) is 7.71. The number of alkyl halides is 1. The number of halogens is 1. The number of rotatable bonds is 2. The Balaban J connectivity index is 4.07. The van der Waals surface area contributed by atoms with Crippen molar-refractivity contribution in [3.63, 3.8) is 0 Å². The second-order valence-corrected chi connectivity index (χ2v) is 4.85. The van der Waals surface area contributed by atoms with Crippen LogP contribution in [0.1, 0.15) is 13.8 Å². The summed E-state index contributed by atoms with van der Waals surface area (Å²) in [6.07, 6.45) is 0. The fraction of sp³-hybridized carbons (Fsp3) is 1.00. The average Bonchev–Trinajstić information content (AvgIpc) is 1.14. The molecule has 0 rings (SSSR count). The predicted octanol–water partition coefficient (Wildman–Crippen LogP) is 0.549. The summed E-state index contributed by atoms with van der Waals surface area (Å²) < 4.78 is 30.0. The maximum Gasteiger partial charge on any atom is 0.0963 e. The number of hydrogen-bond acceptors (Lipinski definition) is 3. The van der Waals surface area contributed by atoms with Gasteiger partial charge >= 0.3 is 0 Å². The monoisotopic (exact) mass is 171 g/mol. The summed E-state index contributed by atoms with van der Waals surface area (Å²) in [5, 5.41) is 0. The molecule has 0 saturated heterocycles. The lowest BCUT2D eigenvalue weighted by atomic mass is 10.3. The molecule has 0 radical (unpaired) electrons. The van der Waals surface area contributed by atoms with E-state index in [1.807, 2.05) is 0 Å². The van der Waals surface area contributed by atoms with Crippen molar-refractivity contribution in [1.82, 2.24) is 0 Å². The largest absolute Gasteiger partial charge is 0.748 e. The van der Waals surface area contributed by atoms with Gasteiger partial charge in [0.05, 0.1) is 20.7 Å². The molecule has 0 aliphatic heterocycles. The Hall–Kier alpha value is 0.200. The average molecular weight is 172 g/mol. The van der Waals surface area contributed by atoms with Gasteiger partial charge in [0.25, 0.3) is 0 Å². The summed E-state index contributed by atoms with van der Waals surface area (Å²) in [4.78, 5) is -0.944. The Morgan fingerprint density at radius 1 is 1.56 bits per heavy atom. The first-order valence-electron chi connectivity index (χ1n) is 2.33. The summed E-state index contributed by atoms with van der Waals surface area (Å²) >= 11 is 5.44. The third kappa shape index (κ3) is 8.20. The number of hydrogen-bond donors (Lipinski definition) is 0. The zero-order valence-corrected chi connectivity index (χ0v) is 6.79. The van der Waals surface area contributed by atoms with Crippen LogP contribution in [0.15, 0.2) is 0 Å². The molecule has 0 saturated carbocycles. The molecule has 0 aliphatic carbocycles. The highest BCUT2D eigenvalue weighted by Crippen LogP contribution is 2.13. The van der Waals surface area contributed by atoms with Crippen molar-refractivity contribution in [2.24, 2.45) is 0 Å². The first kappa shape index (κ1) is 9.20. The van der Waals surface area contributed by atoms with Crippen molar-refractivity contribution in [3.05, 3.63) is 0 Å². The minimum Gasteiger partial charge on any atom is -0.748 e. The molecule has 0 aromatic carbocycles. The molecule has 5 heteroatoms. The van der Waals surface area contributed by atoms with Gasteiger partial charge in [-0.1, -0.05) is 0 Å². The van der Waals surface area contributed by atoms with Gasteiger partial charge in [0.2, 0.25) is 0 Å². The first-order valence-corrected chi connectivity index (χ1v) is 4.29. The molecule has 3 nitrogen and oxygen atoms in total. The molecule has 0 aliphatic rings. The Morgan fingerprint density at radius 2 is 1.89 bits per heavy atom. The second-order valence-electron chi connectivity index (χ2n) is 2.42. The van der Waals surface area contributed by atoms with Crippen LogP contribution >= 0.6 is 11.6 Å². The van der Waals surface area contributed by atoms with E-state index < -0.39 is 20.7 Å². The van der Waals surface area contributed by atoms with Crippen LogP contribution in [0, 0.1) is 0 Å². The molecular weight excluding hydrogens is 164 g/mol. The van der Waals surface area contributed by atoms with Gasteiger partial charge in [0, 0.05) is 0 Å². The standard InChI is InChI=1S/C4H9ClO3S/c1-4(2,5)3-9(6,7)8/h3H2,1-2H3,(H,6,7,8)/p-1. The van der Waals surface area contributed by atoms with E-state index in [0.29, 0.717) is 0 Å². The molecule has 0 fully saturated rings. The summed E-state index contributed by atoms with van der Waals surface area (Å²) in [6, 6.07) is 0. The molecule has 0 spiro atoms. The zero-order valence-electron chi connectivity index (χ0n) is 5.22. The first-order chi connectivity index (χ1) is 3.71. The molecule has 0 bridgehead atoms. The maximum absolute atomic E-state index is 10.0. The van der Waals surface area contributed by atoms with Gasteiger partial charge in [-0.2, -0.15) is 0 Å². The third-order valence-electron chi connectivity index (χ3n) is 0.520. The quantitative estimate of drug-likeness (QED) is 0.450. The van der Waals surface area contributed by atoms with Gasteiger partial charge in [0.15, 0.2) is 0 Å². The summed E-state index contributed by atoms with van der Waals surface area (Å²) in [5.41, 5.74) is 0. The summed E-state index contributed by atoms with van der Waals surface area (Å²) in [5.74, 6) is -0.526. The molecule has 0 aromatic heterocycles. The Kier molecular flexibility index (Phi) is 2.49. The minimum atomic E-state index is -4.16. The Labute approximate surface area is 59.8 Å². The molecule has 0 N–H and O–H groups in total. The van der Waals surface area contributed by atoms with Crippen LogP contribution in [0.2, 0.25) is 0 Å². The molecule has 0 atom stereocenters. The fourth-order valence-corrected chi connectivity index (χ4v) is 1.66. The normalized spacial score (nSPS) is 13.8. The molecule has 0 amide bonds. The third-order valence-corrected chi connectivity index (χ3v) is 1.89. The van der Waals surface area contributed by atoms with Crippen molar-refractivity contribution in [2.45, 2.75) is 18.7 Å². The van der Waals surface area contributed by atoms with Crippen LogP contribution in [0.4, 0.5) is 0 Å². The second kappa shape index (κ2) is 2.44. The lowest BCUT2D eigenvalue weighted by molar-refractivity contribution is 0.457. The lowest BCUT2D eigenvalue weighted by Crippen LogP contribution is -2.23. The van der Waals surface area contributed by atoms with Crippen molar-refractivity contribution in [1.29, 1.82) is 0 Å². The van der Waals surface area contributed by atoms with Crippen LogP contribution in [0.5, 0.6) is 0 Å². The SMILES string of the molecule is CC(C)(Cl)CS(=O)(=O)[O-]. The van der Waals surface area contributed by atoms with E-state index in [-0.39, 0.29) is 0 Å². The van der Waals surface area contributed by atoms with Gasteiger partial charge in [-0.15, -0.1) is 11.6 Å². The highest BCUT2D eigenvalue weighted by Gasteiger charge is 2.16. The summed E-state index contributed by atoms with van der Waals surface area (Å²) in [7, 11) is -4.16. The molecule has 0 aromatic rings. The van der Waals surface area contributed by atoms with E-state index in [1.165, 1.54) is 13.8 Å². The van der Waals surface area contributed by atoms with Crippen LogP contribution < -0.4 is 0 Å². The highest BCUT2D eigenvalue weighted by molar-refractivity contribution is 7.85. The van der Waals surface area contributed by atoms with Crippen LogP contribution in [0.25, 0.3) is 0 Å². The molecule has 56 valence electrons. The van der Waals surface area contributed by atoms with E-state index in [2.05, 4.69) is 0 Å². The summed E-state index contributed by atoms with van der Waals surface area (Å²) in [6.45, 7) is 2.95. The van der Waals surface area contributed by atoms with Crippen LogP contribution in [0.3, 0.4) is 0 Å². The van der Waals surface area contributed by atoms with E-state index in [0.717, 1.165) is 0 Å². The maximum atomic E-state index is 10.0. The topological polar surface area (TPSA) is 57.2 Å². The van der Waals surface area contributed by atoms with Crippen LogP contribution in [-0.4, -0.2) is 23.6 Å². The van der Waals surface area contributed by atoms with Crippen molar-refractivity contribution in [3.8, 4) is 0 Å². The fourth-order valence-electron chi connectivity index (χ4n) is 0.420. The van der Waals surface area contributed by atoms with Gasteiger partial charge < -0.3 is 4.55 Å². The van der Waals surface area contributed by atoms with E-state index in [4.69, 9.17) is 11.6 Å². The van der Waals surface area contributed by atoms with Crippen LogP contribution in [-0.2, 0) is 10.1 Å². The predicted molar refractivity (Wildman–Crippen MR) is 34.5 cm³/mol. The van der Waals surface area contributed by atoms with Gasteiger partial charge in [-0.25, -0.2) is 8.42 Å². The minimum absolute atomic E-state index is 0.526. The van der Waals surface area contributed by atoms with Crippen molar-refractivity contribution in [2.75, 3.05) is 5.75 Å². The van der Waals surface area contributed by atoms with E-state index in [1.54, 1.807) is 0 Å². The highest BCUT2D eigenvalue weighted by atomic mass is 35.5. The Bertz CT molecular complexity index is 176. The molecule has 9 heavy (non-hydrogen) atoms. The van der Waals surface area contributed by atoms with Crippen molar-refractivity contribution >= 4 is 21.7 Å². The Morgan fingerprint density at radius 3 is 1.89 bits per heavy atom. The smallest absolute Gasteiger partial charge is 0.0963 e. The van der Waals surface area contributed by atoms with Gasteiger partial charge in [0.1, 0.15) is 0 Å². The van der Waals surface area contributed by atoms with Crippen molar-refractivity contribution < 1.29 is 13.0 Å². The molecule has 0 heterocycles. The molecule has 0 unspecified atom stereocenters. The lowest BCUT2D eigenvalue weighted by Gasteiger charge is -2.17. The van der Waals surface area contributed by atoms with Gasteiger partial charge in [-0.05, 0) is 13.8 Å². The van der Waals surface area contributed by atoms with E-state index in [9.17, 15) is 13.0 Å².